The van der Waals surface area contributed by atoms with Crippen molar-refractivity contribution < 1.29 is 4.74 Å². The zero-order chi connectivity index (χ0) is 15.9. The van der Waals surface area contributed by atoms with Crippen molar-refractivity contribution in [3.8, 4) is 5.75 Å². The Labute approximate surface area is 138 Å². The molecule has 0 aliphatic rings. The van der Waals surface area contributed by atoms with Crippen LogP contribution in [-0.4, -0.2) is 12.6 Å². The van der Waals surface area contributed by atoms with Crippen LogP contribution >= 0.6 is 11.6 Å². The normalized spacial score (nSPS) is 12.4. The molecule has 0 aromatic heterocycles. The number of ether oxygens (including phenoxy) is 1. The zero-order valence-corrected chi connectivity index (χ0v) is 14.2. The number of hydrogen-bond donors (Lipinski definition) is 1. The van der Waals surface area contributed by atoms with E-state index in [0.717, 1.165) is 29.4 Å². The van der Waals surface area contributed by atoms with Gasteiger partial charge in [0.1, 0.15) is 11.9 Å². The van der Waals surface area contributed by atoms with Crippen LogP contribution in [0.1, 0.15) is 37.8 Å². The summed E-state index contributed by atoms with van der Waals surface area (Å²) in [6, 6.07) is 16.2. The molecule has 0 aliphatic carbocycles. The van der Waals surface area contributed by atoms with E-state index in [1.165, 1.54) is 5.56 Å². The first kappa shape index (κ1) is 16.9. The van der Waals surface area contributed by atoms with Crippen LogP contribution < -0.4 is 10.1 Å². The maximum atomic E-state index is 6.14. The van der Waals surface area contributed by atoms with E-state index in [0.29, 0.717) is 5.92 Å². The van der Waals surface area contributed by atoms with Gasteiger partial charge in [0.25, 0.3) is 0 Å². The molecule has 0 spiro atoms. The summed E-state index contributed by atoms with van der Waals surface area (Å²) in [7, 11) is 0. The molecule has 1 atom stereocenters. The van der Waals surface area contributed by atoms with Gasteiger partial charge >= 0.3 is 0 Å². The van der Waals surface area contributed by atoms with Gasteiger partial charge in [0, 0.05) is 18.1 Å². The summed E-state index contributed by atoms with van der Waals surface area (Å²) in [5, 5.41) is 4.18. The Morgan fingerprint density at radius 2 is 1.68 bits per heavy atom. The van der Waals surface area contributed by atoms with Crippen molar-refractivity contribution in [2.45, 2.75) is 39.3 Å². The summed E-state index contributed by atoms with van der Waals surface area (Å²) >= 11 is 6.14. The first-order chi connectivity index (χ1) is 10.6. The Morgan fingerprint density at radius 3 is 2.32 bits per heavy atom. The average Bonchev–Trinajstić information content (AvgIpc) is 2.50. The number of halogens is 1. The molecule has 2 rings (SSSR count). The summed E-state index contributed by atoms with van der Waals surface area (Å²) in [4.78, 5) is 0. The lowest BCUT2D eigenvalue weighted by atomic mass is 10.0. The van der Waals surface area contributed by atoms with Gasteiger partial charge in [0.05, 0.1) is 0 Å². The van der Waals surface area contributed by atoms with E-state index in [9.17, 15) is 0 Å². The molecule has 118 valence electrons. The van der Waals surface area contributed by atoms with Crippen LogP contribution in [0.5, 0.6) is 5.75 Å². The molecule has 22 heavy (non-hydrogen) atoms. The van der Waals surface area contributed by atoms with Gasteiger partial charge in [0.2, 0.25) is 0 Å². The van der Waals surface area contributed by atoms with Crippen LogP contribution in [0.3, 0.4) is 0 Å². The maximum absolute atomic E-state index is 6.14. The molecule has 2 aromatic carbocycles. The third-order valence-corrected chi connectivity index (χ3v) is 3.96. The lowest BCUT2D eigenvalue weighted by Crippen LogP contribution is -2.28. The van der Waals surface area contributed by atoms with Gasteiger partial charge in [-0.15, -0.1) is 0 Å². The quantitative estimate of drug-likeness (QED) is 0.774. The van der Waals surface area contributed by atoms with Gasteiger partial charge in [-0.2, -0.15) is 0 Å². The molecule has 2 aromatic rings. The molecular formula is C19H24ClNO. The second-order valence-electron chi connectivity index (χ2n) is 5.87. The van der Waals surface area contributed by atoms with Gasteiger partial charge in [-0.05, 0) is 42.2 Å². The third kappa shape index (κ3) is 5.04. The summed E-state index contributed by atoms with van der Waals surface area (Å²) in [6.45, 7) is 7.97. The fourth-order valence-corrected chi connectivity index (χ4v) is 2.46. The zero-order valence-electron chi connectivity index (χ0n) is 13.5. The Balaban J connectivity index is 1.78. The first-order valence-corrected chi connectivity index (χ1v) is 8.15. The van der Waals surface area contributed by atoms with Gasteiger partial charge in [0.15, 0.2) is 0 Å². The Bertz CT molecular complexity index is 580. The largest absolute Gasteiger partial charge is 0.489 e. The van der Waals surface area contributed by atoms with Crippen molar-refractivity contribution in [1.29, 1.82) is 0 Å². The molecule has 2 nitrogen and oxygen atoms in total. The van der Waals surface area contributed by atoms with Gasteiger partial charge in [-0.1, -0.05) is 55.8 Å². The van der Waals surface area contributed by atoms with Crippen molar-refractivity contribution >= 4 is 11.6 Å². The molecule has 0 saturated heterocycles. The topological polar surface area (TPSA) is 21.3 Å². The van der Waals surface area contributed by atoms with Crippen LogP contribution in [0.25, 0.3) is 0 Å². The fourth-order valence-electron chi connectivity index (χ4n) is 2.26. The predicted octanol–water partition coefficient (Wildman–Crippen LogP) is 5.02. The van der Waals surface area contributed by atoms with Crippen molar-refractivity contribution in [1.82, 2.24) is 5.32 Å². The minimum absolute atomic E-state index is 0.104. The smallest absolute Gasteiger partial charge is 0.119 e. The second kappa shape index (κ2) is 8.21. The number of hydrogen-bond acceptors (Lipinski definition) is 2. The standard InChI is InChI=1S/C19H24ClNO/c1-14(2)16-8-10-18(11-9-16)22-15(3)12-21-13-17-6-4-5-7-19(17)20/h4-11,14-15,21H,12-13H2,1-3H3. The van der Waals surface area contributed by atoms with Crippen molar-refractivity contribution in [3.63, 3.8) is 0 Å². The minimum Gasteiger partial charge on any atom is -0.489 e. The predicted molar refractivity (Wildman–Crippen MR) is 93.8 cm³/mol. The van der Waals surface area contributed by atoms with Crippen LogP contribution in [-0.2, 0) is 6.54 Å². The highest BCUT2D eigenvalue weighted by Gasteiger charge is 2.06. The summed E-state index contributed by atoms with van der Waals surface area (Å²) in [5.74, 6) is 1.46. The fraction of sp³-hybridized carbons (Fsp3) is 0.368. The van der Waals surface area contributed by atoms with Gasteiger partial charge in [-0.25, -0.2) is 0 Å². The lowest BCUT2D eigenvalue weighted by molar-refractivity contribution is 0.217. The van der Waals surface area contributed by atoms with Crippen molar-refractivity contribution in [2.75, 3.05) is 6.54 Å². The van der Waals surface area contributed by atoms with Crippen molar-refractivity contribution in [2.24, 2.45) is 0 Å². The van der Waals surface area contributed by atoms with E-state index in [4.69, 9.17) is 16.3 Å². The molecule has 3 heteroatoms. The van der Waals surface area contributed by atoms with Crippen LogP contribution in [0.15, 0.2) is 48.5 Å². The molecule has 1 unspecified atom stereocenters. The molecule has 0 heterocycles. The monoisotopic (exact) mass is 317 g/mol. The Kier molecular flexibility index (Phi) is 6.29. The number of benzene rings is 2. The molecule has 0 saturated carbocycles. The summed E-state index contributed by atoms with van der Waals surface area (Å²) < 4.78 is 5.92. The Hall–Kier alpha value is -1.51. The van der Waals surface area contributed by atoms with E-state index < -0.39 is 0 Å². The van der Waals surface area contributed by atoms with Crippen molar-refractivity contribution in [3.05, 3.63) is 64.7 Å². The highest BCUT2D eigenvalue weighted by atomic mass is 35.5. The first-order valence-electron chi connectivity index (χ1n) is 7.77. The van der Waals surface area contributed by atoms with Gasteiger partial charge in [-0.3, -0.25) is 0 Å². The molecule has 0 bridgehead atoms. The Morgan fingerprint density at radius 1 is 1.00 bits per heavy atom. The number of nitrogens with one attached hydrogen (secondary N) is 1. The number of rotatable bonds is 7. The molecule has 0 amide bonds. The minimum atomic E-state index is 0.104. The summed E-state index contributed by atoms with van der Waals surface area (Å²) in [6.07, 6.45) is 0.104. The van der Waals surface area contributed by atoms with E-state index in [1.807, 2.05) is 36.4 Å². The van der Waals surface area contributed by atoms with Gasteiger partial charge < -0.3 is 10.1 Å². The highest BCUT2D eigenvalue weighted by Crippen LogP contribution is 2.19. The lowest BCUT2D eigenvalue weighted by Gasteiger charge is -2.16. The molecule has 0 fully saturated rings. The van der Waals surface area contributed by atoms with E-state index in [-0.39, 0.29) is 6.10 Å². The summed E-state index contributed by atoms with van der Waals surface area (Å²) in [5.41, 5.74) is 2.44. The van der Waals surface area contributed by atoms with Crippen LogP contribution in [0, 0.1) is 0 Å². The molecule has 0 radical (unpaired) electrons. The maximum Gasteiger partial charge on any atom is 0.119 e. The average molecular weight is 318 g/mol. The van der Waals surface area contributed by atoms with Crippen LogP contribution in [0.2, 0.25) is 5.02 Å². The van der Waals surface area contributed by atoms with Crippen LogP contribution in [0.4, 0.5) is 0 Å². The van der Waals surface area contributed by atoms with E-state index in [1.54, 1.807) is 0 Å². The SMILES string of the molecule is CC(CNCc1ccccc1Cl)Oc1ccc(C(C)C)cc1. The highest BCUT2D eigenvalue weighted by molar-refractivity contribution is 6.31. The van der Waals surface area contributed by atoms with E-state index in [2.05, 4.69) is 38.2 Å². The molecule has 0 aliphatic heterocycles. The van der Waals surface area contributed by atoms with E-state index >= 15 is 0 Å². The molecule has 1 N–H and O–H groups in total. The third-order valence-electron chi connectivity index (χ3n) is 3.59. The molecular weight excluding hydrogens is 294 g/mol. The second-order valence-corrected chi connectivity index (χ2v) is 6.28.